The molecule has 1 aliphatic heterocycles. The Kier molecular flexibility index (Phi) is 2.12. The zero-order valence-electron chi connectivity index (χ0n) is 6.08. The van der Waals surface area contributed by atoms with Gasteiger partial charge in [-0.05, 0) is 18.6 Å². The summed E-state index contributed by atoms with van der Waals surface area (Å²) in [6, 6.07) is 0. The van der Waals surface area contributed by atoms with E-state index < -0.39 is 5.60 Å². The summed E-state index contributed by atoms with van der Waals surface area (Å²) in [4.78, 5) is 0. The molecular weight excluding hydrogens is 128 g/mol. The summed E-state index contributed by atoms with van der Waals surface area (Å²) in [6.45, 7) is 1.95. The van der Waals surface area contributed by atoms with E-state index in [1.165, 1.54) is 6.26 Å². The van der Waals surface area contributed by atoms with Crippen LogP contribution in [0.5, 0.6) is 0 Å². The van der Waals surface area contributed by atoms with Gasteiger partial charge in [-0.1, -0.05) is 6.92 Å². The van der Waals surface area contributed by atoms with E-state index in [0.29, 0.717) is 6.42 Å². The molecule has 1 N–H and O–H groups in total. The second kappa shape index (κ2) is 2.88. The van der Waals surface area contributed by atoms with Gasteiger partial charge in [0.05, 0.1) is 18.1 Å². The Hall–Kier alpha value is -0.760. The minimum Gasteiger partial charge on any atom is -0.473 e. The summed E-state index contributed by atoms with van der Waals surface area (Å²) in [5.74, 6) is 0. The molecule has 56 valence electrons. The van der Waals surface area contributed by atoms with Gasteiger partial charge in [-0.15, -0.1) is 0 Å². The smallest absolute Gasteiger partial charge is 0.0893 e. The maximum Gasteiger partial charge on any atom is 0.0893 e. The fraction of sp³-hybridized carbons (Fsp3) is 0.500. The van der Waals surface area contributed by atoms with Crippen molar-refractivity contribution in [3.05, 3.63) is 24.7 Å². The van der Waals surface area contributed by atoms with Crippen LogP contribution in [0.25, 0.3) is 0 Å². The summed E-state index contributed by atoms with van der Waals surface area (Å²) >= 11 is 0. The molecule has 0 saturated heterocycles. The molecule has 1 atom stereocenters. The van der Waals surface area contributed by atoms with Crippen LogP contribution < -0.4 is 0 Å². The van der Waals surface area contributed by atoms with E-state index in [2.05, 4.69) is 0 Å². The molecule has 1 unspecified atom stereocenters. The highest BCUT2D eigenvalue weighted by Crippen LogP contribution is 2.19. The van der Waals surface area contributed by atoms with E-state index in [1.807, 2.05) is 13.0 Å². The maximum absolute atomic E-state index is 9.64. The first kappa shape index (κ1) is 7.35. The van der Waals surface area contributed by atoms with Gasteiger partial charge in [-0.3, -0.25) is 0 Å². The van der Waals surface area contributed by atoms with Gasteiger partial charge in [-0.2, -0.15) is 0 Å². The number of ether oxygens (including phenoxy) is 1. The average molecular weight is 140 g/mol. The lowest BCUT2D eigenvalue weighted by Gasteiger charge is -2.18. The highest BCUT2D eigenvalue weighted by molar-refractivity contribution is 5.04. The van der Waals surface area contributed by atoms with Gasteiger partial charge in [0, 0.05) is 6.42 Å². The molecule has 1 heterocycles. The molecular formula is C8H12O2. The van der Waals surface area contributed by atoms with Crippen molar-refractivity contribution in [3.8, 4) is 0 Å². The number of hydrogen-bond acceptors (Lipinski definition) is 2. The lowest BCUT2D eigenvalue weighted by Crippen LogP contribution is -2.22. The van der Waals surface area contributed by atoms with Gasteiger partial charge in [-0.25, -0.2) is 0 Å². The van der Waals surface area contributed by atoms with E-state index >= 15 is 0 Å². The van der Waals surface area contributed by atoms with Crippen LogP contribution in [0.2, 0.25) is 0 Å². The van der Waals surface area contributed by atoms with Crippen molar-refractivity contribution in [3.63, 3.8) is 0 Å². The van der Waals surface area contributed by atoms with Gasteiger partial charge >= 0.3 is 0 Å². The summed E-state index contributed by atoms with van der Waals surface area (Å²) < 4.78 is 4.87. The fourth-order valence-electron chi connectivity index (χ4n) is 0.849. The van der Waals surface area contributed by atoms with Crippen LogP contribution in [0.4, 0.5) is 0 Å². The number of aliphatic hydroxyl groups is 1. The van der Waals surface area contributed by atoms with E-state index in [9.17, 15) is 5.11 Å². The van der Waals surface area contributed by atoms with Crippen molar-refractivity contribution in [2.75, 3.05) is 0 Å². The van der Waals surface area contributed by atoms with E-state index in [1.54, 1.807) is 12.3 Å². The Bertz CT molecular complexity index is 161. The third-order valence-electron chi connectivity index (χ3n) is 1.72. The van der Waals surface area contributed by atoms with E-state index in [-0.39, 0.29) is 0 Å². The van der Waals surface area contributed by atoms with E-state index in [4.69, 9.17) is 4.74 Å². The molecule has 2 nitrogen and oxygen atoms in total. The van der Waals surface area contributed by atoms with Crippen molar-refractivity contribution < 1.29 is 9.84 Å². The quantitative estimate of drug-likeness (QED) is 0.599. The van der Waals surface area contributed by atoms with Crippen molar-refractivity contribution in [1.82, 2.24) is 0 Å². The van der Waals surface area contributed by atoms with E-state index in [0.717, 1.165) is 6.42 Å². The molecule has 0 aliphatic carbocycles. The second-order valence-electron chi connectivity index (χ2n) is 2.47. The van der Waals surface area contributed by atoms with Crippen LogP contribution >= 0.6 is 0 Å². The molecule has 1 rings (SSSR count). The molecule has 0 aromatic rings. The summed E-state index contributed by atoms with van der Waals surface area (Å²) in [5, 5.41) is 9.64. The minimum absolute atomic E-state index is 0.639. The standard InChI is InChI=1S/C8H12O2/c1-2-8(9)4-3-6-10-7-5-8/h3,5-7,9H,2,4H2,1H3. The molecule has 0 spiro atoms. The normalized spacial score (nSPS) is 31.4. The Morgan fingerprint density at radius 3 is 3.10 bits per heavy atom. The zero-order valence-corrected chi connectivity index (χ0v) is 6.08. The van der Waals surface area contributed by atoms with Crippen LogP contribution in [0.3, 0.4) is 0 Å². The van der Waals surface area contributed by atoms with Gasteiger partial charge in [0.2, 0.25) is 0 Å². The molecule has 10 heavy (non-hydrogen) atoms. The molecule has 0 bridgehead atoms. The summed E-state index contributed by atoms with van der Waals surface area (Å²) in [7, 11) is 0. The lowest BCUT2D eigenvalue weighted by molar-refractivity contribution is 0.0898. The van der Waals surface area contributed by atoms with Gasteiger partial charge in [0.25, 0.3) is 0 Å². The average Bonchev–Trinajstić information content (AvgIpc) is 2.15. The van der Waals surface area contributed by atoms with Crippen LogP contribution in [0.1, 0.15) is 19.8 Å². The SMILES string of the molecule is CCC1(O)C=COC=CC1. The Morgan fingerprint density at radius 2 is 2.40 bits per heavy atom. The van der Waals surface area contributed by atoms with Crippen molar-refractivity contribution in [2.45, 2.75) is 25.4 Å². The van der Waals surface area contributed by atoms with Crippen LogP contribution in [0.15, 0.2) is 24.7 Å². The first-order valence-corrected chi connectivity index (χ1v) is 3.47. The van der Waals surface area contributed by atoms with Crippen LogP contribution in [-0.2, 0) is 4.74 Å². The molecule has 0 saturated carbocycles. The third kappa shape index (κ3) is 1.61. The van der Waals surface area contributed by atoms with Gasteiger partial charge in [0.15, 0.2) is 0 Å². The Morgan fingerprint density at radius 1 is 1.60 bits per heavy atom. The molecule has 1 aliphatic rings. The third-order valence-corrected chi connectivity index (χ3v) is 1.72. The second-order valence-corrected chi connectivity index (χ2v) is 2.47. The van der Waals surface area contributed by atoms with Crippen molar-refractivity contribution in [2.24, 2.45) is 0 Å². The summed E-state index contributed by atoms with van der Waals surface area (Å²) in [6.07, 6.45) is 7.98. The lowest BCUT2D eigenvalue weighted by atomic mass is 9.97. The largest absolute Gasteiger partial charge is 0.473 e. The summed E-state index contributed by atoms with van der Waals surface area (Å²) in [5.41, 5.74) is -0.687. The molecule has 0 aromatic heterocycles. The maximum atomic E-state index is 9.64. The topological polar surface area (TPSA) is 29.5 Å². The first-order chi connectivity index (χ1) is 4.77. The van der Waals surface area contributed by atoms with Gasteiger partial charge < -0.3 is 9.84 Å². The Balaban J connectivity index is 2.66. The molecule has 0 radical (unpaired) electrons. The zero-order chi connectivity index (χ0) is 7.45. The Labute approximate surface area is 60.8 Å². The highest BCUT2D eigenvalue weighted by Gasteiger charge is 2.19. The van der Waals surface area contributed by atoms with Gasteiger partial charge in [0.1, 0.15) is 0 Å². The van der Waals surface area contributed by atoms with Crippen LogP contribution in [-0.4, -0.2) is 10.7 Å². The predicted octanol–water partition coefficient (Wildman–Crippen LogP) is 1.58. The number of hydrogen-bond donors (Lipinski definition) is 1. The highest BCUT2D eigenvalue weighted by atomic mass is 16.5. The first-order valence-electron chi connectivity index (χ1n) is 3.47. The molecule has 0 aromatic carbocycles. The predicted molar refractivity (Wildman–Crippen MR) is 39.2 cm³/mol. The fourth-order valence-corrected chi connectivity index (χ4v) is 0.849. The van der Waals surface area contributed by atoms with Crippen molar-refractivity contribution >= 4 is 0 Å². The number of rotatable bonds is 1. The minimum atomic E-state index is -0.687. The molecule has 0 amide bonds. The van der Waals surface area contributed by atoms with Crippen molar-refractivity contribution in [1.29, 1.82) is 0 Å². The van der Waals surface area contributed by atoms with Crippen LogP contribution in [0, 0.1) is 0 Å². The molecule has 0 fully saturated rings. The molecule has 2 heteroatoms. The monoisotopic (exact) mass is 140 g/mol.